The van der Waals surface area contributed by atoms with Gasteiger partial charge in [0.25, 0.3) is 0 Å². The van der Waals surface area contributed by atoms with Gasteiger partial charge in [0, 0.05) is 10.8 Å². The Balaban J connectivity index is 1.57. The average Bonchev–Trinajstić information content (AvgIpc) is 3.73. The molecule has 0 amide bonds. The van der Waals surface area contributed by atoms with Gasteiger partial charge in [-0.1, -0.05) is 127 Å². The third-order valence-corrected chi connectivity index (χ3v) is 6.89. The number of benzene rings is 8. The first kappa shape index (κ1) is 9.69. The molecule has 0 bridgehead atoms. The highest BCUT2D eigenvalue weighted by Gasteiger charge is 2.18. The second kappa shape index (κ2) is 9.44. The molecule has 0 radical (unpaired) electrons. The van der Waals surface area contributed by atoms with E-state index in [0.717, 1.165) is 0 Å². The predicted octanol–water partition coefficient (Wildman–Crippen LogP) is 12.0. The van der Waals surface area contributed by atoms with Crippen molar-refractivity contribution in [2.24, 2.45) is 0 Å². The van der Waals surface area contributed by atoms with Crippen molar-refractivity contribution >= 4 is 54.3 Å². The first-order chi connectivity index (χ1) is 32.2. The van der Waals surface area contributed by atoms with Gasteiger partial charge in [0.05, 0.1) is 35.6 Å². The second-order valence-electron chi connectivity index (χ2n) is 9.26. The highest BCUT2D eigenvalue weighted by Crippen LogP contribution is 2.45. The molecule has 200 valence electrons. The van der Waals surface area contributed by atoms with Crippen LogP contribution in [0.1, 0.15) is 35.6 Å². The van der Waals surface area contributed by atoms with Gasteiger partial charge in [0.15, 0.2) is 0 Å². The molecule has 0 saturated carbocycles. The van der Waals surface area contributed by atoms with Crippen LogP contribution >= 0.6 is 0 Å². The lowest BCUT2D eigenvalue weighted by Gasteiger charge is -2.18. The summed E-state index contributed by atoms with van der Waals surface area (Å²) in [7, 11) is 0. The summed E-state index contributed by atoms with van der Waals surface area (Å²) in [5, 5.41) is -4.85. The summed E-state index contributed by atoms with van der Waals surface area (Å²) in [6.45, 7) is 0. The number of para-hydroxylation sites is 1. The molecular weight excluding hydrogens is 520 g/mol. The van der Waals surface area contributed by atoms with E-state index < -0.39 is 239 Å². The molecule has 0 spiro atoms. The zero-order chi connectivity index (χ0) is 51.0. The lowest BCUT2D eigenvalue weighted by molar-refractivity contribution is 0.669. The molecular formula is C42H26O. The molecule has 9 rings (SSSR count). The lowest BCUT2D eigenvalue weighted by atomic mass is 9.85. The van der Waals surface area contributed by atoms with E-state index in [1.54, 1.807) is 0 Å². The summed E-state index contributed by atoms with van der Waals surface area (Å²) in [5.74, 6) is 0. The van der Waals surface area contributed by atoms with Gasteiger partial charge < -0.3 is 4.42 Å². The Bertz CT molecular complexity index is 3890. The number of rotatable bonds is 3. The van der Waals surface area contributed by atoms with Crippen LogP contribution < -0.4 is 0 Å². The summed E-state index contributed by atoms with van der Waals surface area (Å²) in [5.41, 5.74) is -5.79. The van der Waals surface area contributed by atoms with Crippen molar-refractivity contribution in [3.05, 3.63) is 157 Å². The molecule has 0 aliphatic carbocycles. The summed E-state index contributed by atoms with van der Waals surface area (Å²) in [6, 6.07) is -23.5. The lowest BCUT2D eigenvalue weighted by Crippen LogP contribution is -1.91. The zero-order valence-electron chi connectivity index (χ0n) is 47.4. The topological polar surface area (TPSA) is 13.1 Å². The summed E-state index contributed by atoms with van der Waals surface area (Å²) in [4.78, 5) is 0. The minimum Gasteiger partial charge on any atom is -0.456 e. The van der Waals surface area contributed by atoms with Gasteiger partial charge >= 0.3 is 0 Å². The molecule has 0 N–H and O–H groups in total. The Labute approximate surface area is 285 Å². The van der Waals surface area contributed by atoms with Crippen molar-refractivity contribution < 1.29 is 40.1 Å². The Morgan fingerprint density at radius 1 is 0.326 bits per heavy atom. The molecule has 0 aliphatic rings. The molecule has 1 nitrogen and oxygen atoms in total. The van der Waals surface area contributed by atoms with E-state index >= 15 is 0 Å². The quantitative estimate of drug-likeness (QED) is 0.192. The third kappa shape index (κ3) is 3.79. The maximum Gasteiger partial charge on any atom is 0.136 e. The zero-order valence-corrected chi connectivity index (χ0v) is 21.4. The Morgan fingerprint density at radius 2 is 0.837 bits per heavy atom. The summed E-state index contributed by atoms with van der Waals surface area (Å²) >= 11 is 0. The van der Waals surface area contributed by atoms with E-state index in [1.807, 2.05) is 0 Å². The monoisotopic (exact) mass is 572 g/mol. The number of furan rings is 1. The molecule has 1 heteroatoms. The first-order valence-corrected chi connectivity index (χ1v) is 12.7. The Morgan fingerprint density at radius 3 is 1.56 bits per heavy atom. The van der Waals surface area contributed by atoms with Crippen molar-refractivity contribution in [1.29, 1.82) is 0 Å². The molecule has 1 aromatic heterocycles. The standard InChI is InChI=1S/C42H26O/c1-2-11-28-24-30(21-20-27(28)10-1)29-12-9-13-31(25-29)41-35-15-3-5-17-37(35)42(38-18-6-4-16-36(38)41)32-22-23-34-33-14-7-8-19-39(33)43-40(34)26-32/h1-26H/i1D,2D,3D,4D,5D,6D,7D,8D,9D,10D,11D,12D,13D,14D,15D,16D,17D,18D,19D,20D,21D,22D,23D,24D,25D,26D. The van der Waals surface area contributed by atoms with Gasteiger partial charge in [-0.2, -0.15) is 0 Å². The van der Waals surface area contributed by atoms with E-state index in [2.05, 4.69) is 0 Å². The Kier molecular flexibility index (Phi) is 2.13. The normalized spacial score (nSPS) is 20.2. The van der Waals surface area contributed by atoms with Crippen LogP contribution in [0.15, 0.2) is 162 Å². The highest BCUT2D eigenvalue weighted by atomic mass is 16.3. The second-order valence-corrected chi connectivity index (χ2v) is 9.26. The summed E-state index contributed by atoms with van der Waals surface area (Å²) in [6.07, 6.45) is 0. The molecule has 43 heavy (non-hydrogen) atoms. The van der Waals surface area contributed by atoms with Crippen molar-refractivity contribution in [2.45, 2.75) is 0 Å². The van der Waals surface area contributed by atoms with Gasteiger partial charge in [-0.15, -0.1) is 0 Å². The fourth-order valence-electron chi connectivity index (χ4n) is 5.05. The van der Waals surface area contributed by atoms with E-state index in [-0.39, 0.29) is 5.39 Å². The molecule has 8 aromatic carbocycles. The van der Waals surface area contributed by atoms with Crippen LogP contribution in [0, 0.1) is 0 Å². The van der Waals surface area contributed by atoms with E-state index in [9.17, 15) is 13.7 Å². The minimum atomic E-state index is -1.06. The summed E-state index contributed by atoms with van der Waals surface area (Å²) < 4.78 is 238. The molecule has 0 aliphatic heterocycles. The molecule has 1 heterocycles. The van der Waals surface area contributed by atoms with Crippen LogP contribution in [-0.4, -0.2) is 0 Å². The molecule has 0 atom stereocenters. The van der Waals surface area contributed by atoms with Crippen LogP contribution in [0.4, 0.5) is 0 Å². The van der Waals surface area contributed by atoms with Crippen LogP contribution in [0.5, 0.6) is 0 Å². The molecule has 0 fully saturated rings. The van der Waals surface area contributed by atoms with Crippen molar-refractivity contribution in [1.82, 2.24) is 0 Å². The van der Waals surface area contributed by atoms with Crippen LogP contribution in [0.25, 0.3) is 87.6 Å². The largest absolute Gasteiger partial charge is 0.456 e. The number of hydrogen-bond donors (Lipinski definition) is 0. The predicted molar refractivity (Wildman–Crippen MR) is 183 cm³/mol. The third-order valence-electron chi connectivity index (χ3n) is 6.89. The van der Waals surface area contributed by atoms with Crippen molar-refractivity contribution in [2.75, 3.05) is 0 Å². The van der Waals surface area contributed by atoms with Gasteiger partial charge in [-0.25, -0.2) is 0 Å². The molecule has 0 unspecified atom stereocenters. The maximum atomic E-state index is 9.72. The first-order valence-electron chi connectivity index (χ1n) is 25.7. The smallest absolute Gasteiger partial charge is 0.136 e. The van der Waals surface area contributed by atoms with Crippen LogP contribution in [0.2, 0.25) is 0 Å². The minimum absolute atomic E-state index is 0.370. The van der Waals surface area contributed by atoms with Gasteiger partial charge in [0.2, 0.25) is 0 Å². The average molecular weight is 573 g/mol. The van der Waals surface area contributed by atoms with Gasteiger partial charge in [0.1, 0.15) is 11.2 Å². The van der Waals surface area contributed by atoms with E-state index in [4.69, 9.17) is 26.3 Å². The Hall–Kier alpha value is -5.66. The van der Waals surface area contributed by atoms with Crippen LogP contribution in [-0.2, 0) is 0 Å². The van der Waals surface area contributed by atoms with E-state index in [1.165, 1.54) is 0 Å². The maximum absolute atomic E-state index is 9.72. The fourth-order valence-corrected chi connectivity index (χ4v) is 5.05. The van der Waals surface area contributed by atoms with E-state index in [0.29, 0.717) is 0 Å². The molecule has 9 aromatic rings. The fraction of sp³-hybridized carbons (Fsp3) is 0. The highest BCUT2D eigenvalue weighted by molar-refractivity contribution is 6.22. The molecule has 0 saturated heterocycles. The van der Waals surface area contributed by atoms with Gasteiger partial charge in [-0.3, -0.25) is 0 Å². The van der Waals surface area contributed by atoms with Crippen molar-refractivity contribution in [3.63, 3.8) is 0 Å². The van der Waals surface area contributed by atoms with Crippen molar-refractivity contribution in [3.8, 4) is 33.4 Å². The van der Waals surface area contributed by atoms with Gasteiger partial charge in [-0.05, 0) is 95.9 Å². The SMILES string of the molecule is [2H]c1c([2H])c(-c2c([2H])c([2H])c3c([2H])c([2H])c([2H])c([2H])c3c2[2H])c([2H])c(-c2c3c([2H])c([2H])c([2H])c([2H])c3c(-c3c([2H])c([2H])c4c(oc5c([2H])c([2H])c([2H])c([2H])c54)c3[2H])c3c([2H])c([2H])c([2H])c([2H])c23)c1[2H]. The number of hydrogen-bond acceptors (Lipinski definition) is 1. The number of fused-ring (bicyclic) bond motifs is 6. The van der Waals surface area contributed by atoms with Crippen LogP contribution in [0.3, 0.4) is 0 Å².